The molecule has 1 aliphatic rings. The molecule has 7 heteroatoms. The third-order valence-electron chi connectivity index (χ3n) is 4.70. The van der Waals surface area contributed by atoms with E-state index in [9.17, 15) is 9.59 Å². The van der Waals surface area contributed by atoms with E-state index in [1.165, 1.54) is 0 Å². The maximum atomic E-state index is 12.4. The lowest BCUT2D eigenvalue weighted by atomic mass is 9.96. The molecule has 0 spiro atoms. The van der Waals surface area contributed by atoms with Crippen molar-refractivity contribution in [1.82, 2.24) is 15.2 Å². The molecule has 1 aliphatic heterocycles. The first-order valence-electron chi connectivity index (χ1n) is 8.77. The second-order valence-electron chi connectivity index (χ2n) is 6.39. The van der Waals surface area contributed by atoms with Crippen LogP contribution in [0, 0.1) is 5.92 Å². The highest BCUT2D eigenvalue weighted by Crippen LogP contribution is 2.23. The van der Waals surface area contributed by atoms with Crippen molar-refractivity contribution >= 4 is 23.4 Å². The maximum absolute atomic E-state index is 12.4. The molecule has 0 radical (unpaired) electrons. The predicted octanol–water partition coefficient (Wildman–Crippen LogP) is 2.91. The second kappa shape index (κ2) is 8.36. The summed E-state index contributed by atoms with van der Waals surface area (Å²) in [6.07, 6.45) is 3.90. The largest absolute Gasteiger partial charge is 0.441 e. The number of rotatable bonds is 5. The van der Waals surface area contributed by atoms with Gasteiger partial charge in [-0.15, -0.1) is 0 Å². The smallest absolute Gasteiger partial charge is 0.223 e. The van der Waals surface area contributed by atoms with Crippen molar-refractivity contribution in [3.63, 3.8) is 0 Å². The van der Waals surface area contributed by atoms with Gasteiger partial charge in [-0.1, -0.05) is 11.6 Å². The first-order valence-corrected chi connectivity index (χ1v) is 9.14. The standard InChI is InChI=1S/C19H22ClN3O3/c1-21-19(25)14-8-10-23(11-9-14)18(24)7-6-17-22-12-16(26-17)13-2-4-15(20)5-3-13/h2-5,12,14H,6-11H2,1H3,(H,21,25). The first-order chi connectivity index (χ1) is 12.6. The fourth-order valence-corrected chi connectivity index (χ4v) is 3.27. The Morgan fingerprint density at radius 3 is 2.62 bits per heavy atom. The van der Waals surface area contributed by atoms with Crippen LogP contribution < -0.4 is 5.32 Å². The molecule has 0 unspecified atom stereocenters. The van der Waals surface area contributed by atoms with Gasteiger partial charge in [0.1, 0.15) is 0 Å². The van der Waals surface area contributed by atoms with E-state index in [-0.39, 0.29) is 17.7 Å². The maximum Gasteiger partial charge on any atom is 0.223 e. The number of amides is 2. The number of halogens is 1. The van der Waals surface area contributed by atoms with Gasteiger partial charge in [-0.2, -0.15) is 0 Å². The van der Waals surface area contributed by atoms with Crippen molar-refractivity contribution in [2.45, 2.75) is 25.7 Å². The Morgan fingerprint density at radius 2 is 1.96 bits per heavy atom. The molecular formula is C19H22ClN3O3. The summed E-state index contributed by atoms with van der Waals surface area (Å²) in [7, 11) is 1.65. The molecule has 1 N–H and O–H groups in total. The zero-order chi connectivity index (χ0) is 18.5. The summed E-state index contributed by atoms with van der Waals surface area (Å²) in [5, 5.41) is 3.34. The molecule has 1 fully saturated rings. The fourth-order valence-electron chi connectivity index (χ4n) is 3.14. The third-order valence-corrected chi connectivity index (χ3v) is 4.95. The van der Waals surface area contributed by atoms with Crippen LogP contribution in [-0.2, 0) is 16.0 Å². The quantitative estimate of drug-likeness (QED) is 0.871. The molecule has 1 aromatic carbocycles. The molecule has 1 aromatic heterocycles. The highest BCUT2D eigenvalue weighted by molar-refractivity contribution is 6.30. The number of carbonyl (C=O) groups excluding carboxylic acids is 2. The minimum Gasteiger partial charge on any atom is -0.441 e. The second-order valence-corrected chi connectivity index (χ2v) is 6.83. The van der Waals surface area contributed by atoms with Gasteiger partial charge in [0.2, 0.25) is 11.8 Å². The normalized spacial score (nSPS) is 15.1. The van der Waals surface area contributed by atoms with Crippen LogP contribution in [0.15, 0.2) is 34.9 Å². The lowest BCUT2D eigenvalue weighted by Gasteiger charge is -2.31. The number of hydrogen-bond donors (Lipinski definition) is 1. The average Bonchev–Trinajstić information content (AvgIpc) is 3.15. The zero-order valence-corrected chi connectivity index (χ0v) is 15.5. The highest BCUT2D eigenvalue weighted by Gasteiger charge is 2.26. The molecule has 0 aliphatic carbocycles. The summed E-state index contributed by atoms with van der Waals surface area (Å²) in [6, 6.07) is 7.33. The van der Waals surface area contributed by atoms with Gasteiger partial charge in [0.05, 0.1) is 6.20 Å². The topological polar surface area (TPSA) is 75.4 Å². The molecule has 6 nitrogen and oxygen atoms in total. The van der Waals surface area contributed by atoms with Crippen LogP contribution in [0.2, 0.25) is 5.02 Å². The van der Waals surface area contributed by atoms with Crippen LogP contribution in [0.1, 0.15) is 25.2 Å². The third kappa shape index (κ3) is 4.43. The van der Waals surface area contributed by atoms with Gasteiger partial charge >= 0.3 is 0 Å². The van der Waals surface area contributed by atoms with Crippen LogP contribution in [-0.4, -0.2) is 41.8 Å². The number of nitrogens with zero attached hydrogens (tertiary/aromatic N) is 2. The van der Waals surface area contributed by atoms with E-state index in [1.54, 1.807) is 25.4 Å². The SMILES string of the molecule is CNC(=O)C1CCN(C(=O)CCc2ncc(-c3ccc(Cl)cc3)o2)CC1. The number of carbonyl (C=O) groups is 2. The van der Waals surface area contributed by atoms with Crippen molar-refractivity contribution in [2.24, 2.45) is 5.92 Å². The first kappa shape index (κ1) is 18.5. The van der Waals surface area contributed by atoms with Gasteiger partial charge < -0.3 is 14.6 Å². The van der Waals surface area contributed by atoms with Crippen molar-refractivity contribution in [2.75, 3.05) is 20.1 Å². The summed E-state index contributed by atoms with van der Waals surface area (Å²) >= 11 is 5.89. The van der Waals surface area contributed by atoms with Crippen molar-refractivity contribution in [3.05, 3.63) is 41.4 Å². The Labute approximate surface area is 157 Å². The number of aromatic nitrogens is 1. The molecule has 1 saturated heterocycles. The number of aryl methyl sites for hydroxylation is 1. The number of likely N-dealkylation sites (tertiary alicyclic amines) is 1. The summed E-state index contributed by atoms with van der Waals surface area (Å²) in [4.78, 5) is 30.1. The van der Waals surface area contributed by atoms with E-state index in [0.29, 0.717) is 55.4 Å². The fraction of sp³-hybridized carbons (Fsp3) is 0.421. The van der Waals surface area contributed by atoms with Crippen LogP contribution in [0.4, 0.5) is 0 Å². The lowest BCUT2D eigenvalue weighted by Crippen LogP contribution is -2.42. The molecule has 0 atom stereocenters. The van der Waals surface area contributed by atoms with Gasteiger partial charge in [0.15, 0.2) is 11.7 Å². The number of nitrogens with one attached hydrogen (secondary N) is 1. The van der Waals surface area contributed by atoms with Gasteiger partial charge in [0, 0.05) is 49.5 Å². The molecule has 138 valence electrons. The van der Waals surface area contributed by atoms with Crippen molar-refractivity contribution in [3.8, 4) is 11.3 Å². The van der Waals surface area contributed by atoms with E-state index in [0.717, 1.165) is 5.56 Å². The van der Waals surface area contributed by atoms with Crippen LogP contribution >= 0.6 is 11.6 Å². The molecule has 2 amide bonds. The highest BCUT2D eigenvalue weighted by atomic mass is 35.5. The van der Waals surface area contributed by atoms with E-state index in [2.05, 4.69) is 10.3 Å². The number of piperidine rings is 1. The summed E-state index contributed by atoms with van der Waals surface area (Å²) in [6.45, 7) is 1.25. The zero-order valence-electron chi connectivity index (χ0n) is 14.7. The van der Waals surface area contributed by atoms with Crippen LogP contribution in [0.5, 0.6) is 0 Å². The summed E-state index contributed by atoms with van der Waals surface area (Å²) < 4.78 is 5.73. The van der Waals surface area contributed by atoms with Crippen LogP contribution in [0.3, 0.4) is 0 Å². The minimum atomic E-state index is 0.0118. The van der Waals surface area contributed by atoms with Crippen molar-refractivity contribution < 1.29 is 14.0 Å². The number of benzene rings is 1. The van der Waals surface area contributed by atoms with E-state index in [4.69, 9.17) is 16.0 Å². The van der Waals surface area contributed by atoms with E-state index < -0.39 is 0 Å². The molecule has 3 rings (SSSR count). The predicted molar refractivity (Wildman–Crippen MR) is 98.6 cm³/mol. The Bertz CT molecular complexity index is 765. The Hall–Kier alpha value is -2.34. The molecule has 0 bridgehead atoms. The Balaban J connectivity index is 1.49. The van der Waals surface area contributed by atoms with Crippen LogP contribution in [0.25, 0.3) is 11.3 Å². The number of hydrogen-bond acceptors (Lipinski definition) is 4. The molecule has 2 aromatic rings. The Morgan fingerprint density at radius 1 is 1.27 bits per heavy atom. The summed E-state index contributed by atoms with van der Waals surface area (Å²) in [5.41, 5.74) is 0.899. The molecular weight excluding hydrogens is 354 g/mol. The average molecular weight is 376 g/mol. The lowest BCUT2D eigenvalue weighted by molar-refractivity contribution is -0.135. The van der Waals surface area contributed by atoms with E-state index in [1.807, 2.05) is 17.0 Å². The van der Waals surface area contributed by atoms with Crippen molar-refractivity contribution in [1.29, 1.82) is 0 Å². The molecule has 0 saturated carbocycles. The van der Waals surface area contributed by atoms with Gasteiger partial charge in [-0.25, -0.2) is 4.98 Å². The minimum absolute atomic E-state index is 0.0118. The monoisotopic (exact) mass is 375 g/mol. The van der Waals surface area contributed by atoms with Gasteiger partial charge in [0.25, 0.3) is 0 Å². The Kier molecular flexibility index (Phi) is 5.93. The van der Waals surface area contributed by atoms with E-state index >= 15 is 0 Å². The molecule has 2 heterocycles. The van der Waals surface area contributed by atoms with Gasteiger partial charge in [-0.3, -0.25) is 9.59 Å². The molecule has 26 heavy (non-hydrogen) atoms. The van der Waals surface area contributed by atoms with Gasteiger partial charge in [-0.05, 0) is 37.1 Å². The number of oxazole rings is 1. The summed E-state index contributed by atoms with van der Waals surface area (Å²) in [5.74, 6) is 1.36.